The van der Waals surface area contributed by atoms with Crippen molar-refractivity contribution in [2.45, 2.75) is 110 Å². The lowest BCUT2D eigenvalue weighted by molar-refractivity contribution is -0.137. The fraction of sp³-hybridized carbons (Fsp3) is 0.472. The molecule has 0 aliphatic rings. The van der Waals surface area contributed by atoms with Crippen molar-refractivity contribution in [1.82, 2.24) is 0 Å². The summed E-state index contributed by atoms with van der Waals surface area (Å²) in [6, 6.07) is 0. The number of carboxylic acid groups (broad SMARTS) is 1. The van der Waals surface area contributed by atoms with Gasteiger partial charge in [-0.25, -0.2) is 0 Å². The van der Waals surface area contributed by atoms with Gasteiger partial charge in [0.1, 0.15) is 0 Å². The van der Waals surface area contributed by atoms with Crippen LogP contribution in [-0.4, -0.2) is 11.1 Å². The van der Waals surface area contributed by atoms with Crippen molar-refractivity contribution >= 4 is 5.97 Å². The van der Waals surface area contributed by atoms with Gasteiger partial charge in [0.05, 0.1) is 0 Å². The van der Waals surface area contributed by atoms with E-state index < -0.39 is 5.97 Å². The van der Waals surface area contributed by atoms with Gasteiger partial charge in [-0.1, -0.05) is 136 Å². The molecule has 0 heterocycles. The second-order valence-corrected chi connectivity index (χ2v) is 9.24. The van der Waals surface area contributed by atoms with Gasteiger partial charge in [-0.15, -0.1) is 0 Å². The Morgan fingerprint density at radius 2 is 0.711 bits per heavy atom. The van der Waals surface area contributed by atoms with Gasteiger partial charge in [0.15, 0.2) is 0 Å². The molecule has 0 aliphatic heterocycles. The Kier molecular flexibility index (Phi) is 29.7. The fourth-order valence-corrected chi connectivity index (χ4v) is 3.52. The summed E-state index contributed by atoms with van der Waals surface area (Å²) in [5.74, 6) is -0.679. The van der Waals surface area contributed by atoms with Crippen LogP contribution in [0.15, 0.2) is 109 Å². The average Bonchev–Trinajstić information content (AvgIpc) is 2.91. The lowest BCUT2D eigenvalue weighted by Gasteiger charge is -1.98. The summed E-state index contributed by atoms with van der Waals surface area (Å²) in [4.78, 5) is 10.4. The molecule has 0 fully saturated rings. The Morgan fingerprint density at radius 1 is 0.421 bits per heavy atom. The monoisotopic (exact) mass is 518 g/mol. The Labute approximate surface area is 234 Å². The number of hydrogen-bond acceptors (Lipinski definition) is 1. The molecule has 0 amide bonds. The van der Waals surface area contributed by atoms with E-state index in [2.05, 4.69) is 116 Å². The van der Waals surface area contributed by atoms with Crippen LogP contribution in [0.3, 0.4) is 0 Å². The second-order valence-electron chi connectivity index (χ2n) is 9.24. The molecular formula is C36H54O2. The van der Waals surface area contributed by atoms with Gasteiger partial charge < -0.3 is 5.11 Å². The molecule has 38 heavy (non-hydrogen) atoms. The van der Waals surface area contributed by atoms with Crippen molar-refractivity contribution in [2.24, 2.45) is 0 Å². The third-order valence-electron chi connectivity index (χ3n) is 5.67. The molecule has 2 heteroatoms. The minimum absolute atomic E-state index is 0.309. The topological polar surface area (TPSA) is 37.3 Å². The number of hydrogen-bond donors (Lipinski definition) is 1. The maximum Gasteiger partial charge on any atom is 0.303 e. The molecule has 2 nitrogen and oxygen atoms in total. The van der Waals surface area contributed by atoms with Gasteiger partial charge in [-0.3, -0.25) is 4.79 Å². The lowest BCUT2D eigenvalue weighted by atomic mass is 10.1. The highest BCUT2D eigenvalue weighted by molar-refractivity contribution is 5.66. The summed E-state index contributed by atoms with van der Waals surface area (Å²) in [7, 11) is 0. The molecule has 210 valence electrons. The molecule has 0 saturated carbocycles. The van der Waals surface area contributed by atoms with E-state index in [1.807, 2.05) is 0 Å². The van der Waals surface area contributed by atoms with Crippen molar-refractivity contribution in [3.63, 3.8) is 0 Å². The molecule has 0 saturated heterocycles. The molecule has 0 aromatic carbocycles. The molecule has 0 aliphatic carbocycles. The SMILES string of the molecule is CC/C=C\C/C=C\C/C=C\C/C=C\C/C=C\C/C=C\C/C=C\C/C=C\C/C=C\CCCCCCCC(=O)O. The number of rotatable bonds is 25. The zero-order valence-corrected chi connectivity index (χ0v) is 24.1. The first-order chi connectivity index (χ1) is 18.8. The summed E-state index contributed by atoms with van der Waals surface area (Å²) in [6.45, 7) is 2.16. The highest BCUT2D eigenvalue weighted by Crippen LogP contribution is 2.08. The van der Waals surface area contributed by atoms with E-state index in [1.54, 1.807) is 0 Å². The first kappa shape index (κ1) is 35.1. The summed E-state index contributed by atoms with van der Waals surface area (Å²) >= 11 is 0. The second kappa shape index (κ2) is 32.2. The normalized spacial score (nSPS) is 13.3. The molecule has 0 spiro atoms. The zero-order chi connectivity index (χ0) is 27.6. The van der Waals surface area contributed by atoms with E-state index in [0.717, 1.165) is 83.5 Å². The summed E-state index contributed by atoms with van der Waals surface area (Å²) in [6.07, 6.45) is 56.1. The van der Waals surface area contributed by atoms with Gasteiger partial charge in [-0.2, -0.15) is 0 Å². The molecule has 0 aromatic rings. The van der Waals surface area contributed by atoms with E-state index in [0.29, 0.717) is 6.42 Å². The number of carbonyl (C=O) groups is 1. The van der Waals surface area contributed by atoms with Crippen molar-refractivity contribution in [2.75, 3.05) is 0 Å². The molecule has 0 unspecified atom stereocenters. The Bertz CT molecular complexity index is 784. The smallest absolute Gasteiger partial charge is 0.303 e. The van der Waals surface area contributed by atoms with Crippen LogP contribution in [0.1, 0.15) is 110 Å². The first-order valence-corrected chi connectivity index (χ1v) is 14.8. The maximum atomic E-state index is 10.4. The highest BCUT2D eigenvalue weighted by atomic mass is 16.4. The van der Waals surface area contributed by atoms with E-state index in [9.17, 15) is 4.79 Å². The van der Waals surface area contributed by atoms with Gasteiger partial charge in [0, 0.05) is 6.42 Å². The highest BCUT2D eigenvalue weighted by Gasteiger charge is 1.95. The van der Waals surface area contributed by atoms with Crippen molar-refractivity contribution < 1.29 is 9.90 Å². The molecule has 0 rings (SSSR count). The number of carboxylic acids is 1. The average molecular weight is 519 g/mol. The van der Waals surface area contributed by atoms with E-state index in [-0.39, 0.29) is 0 Å². The first-order valence-electron chi connectivity index (χ1n) is 14.8. The number of aliphatic carboxylic acids is 1. The van der Waals surface area contributed by atoms with Gasteiger partial charge in [0.2, 0.25) is 0 Å². The Hall–Kier alpha value is -2.87. The van der Waals surface area contributed by atoms with E-state index >= 15 is 0 Å². The summed E-state index contributed by atoms with van der Waals surface area (Å²) < 4.78 is 0. The molecule has 0 radical (unpaired) electrons. The number of allylic oxidation sites excluding steroid dienone is 18. The van der Waals surface area contributed by atoms with E-state index in [1.165, 1.54) is 12.8 Å². The molecule has 0 bridgehead atoms. The molecule has 1 N–H and O–H groups in total. The standard InChI is InChI=1S/C36H54O2/c1-2-3-4-5-6-7-8-9-10-11-12-13-14-15-16-17-18-19-20-21-22-23-24-25-26-27-28-29-30-31-32-33-34-35-36(37)38/h3-4,6-7,9-10,12-13,15-16,18-19,21-22,24-25,27-28H,2,5,8,11,14,17,20,23,26,29-35H2,1H3,(H,37,38)/b4-3-,7-6-,10-9-,13-12-,16-15-,19-18-,22-21-,25-24-,28-27-. The van der Waals surface area contributed by atoms with Crippen LogP contribution in [0, 0.1) is 0 Å². The minimum atomic E-state index is -0.679. The Morgan fingerprint density at radius 3 is 1.05 bits per heavy atom. The van der Waals surface area contributed by atoms with Crippen molar-refractivity contribution in [3.05, 3.63) is 109 Å². The third-order valence-corrected chi connectivity index (χ3v) is 5.67. The molecule has 0 atom stereocenters. The van der Waals surface area contributed by atoms with Crippen molar-refractivity contribution in [1.29, 1.82) is 0 Å². The quantitative estimate of drug-likeness (QED) is 0.0963. The van der Waals surface area contributed by atoms with E-state index in [4.69, 9.17) is 5.11 Å². The zero-order valence-electron chi connectivity index (χ0n) is 24.1. The van der Waals surface area contributed by atoms with Crippen LogP contribution in [0.5, 0.6) is 0 Å². The predicted octanol–water partition coefficient (Wildman–Crippen LogP) is 11.3. The minimum Gasteiger partial charge on any atom is -0.481 e. The van der Waals surface area contributed by atoms with Crippen LogP contribution in [0.25, 0.3) is 0 Å². The van der Waals surface area contributed by atoms with Gasteiger partial charge in [-0.05, 0) is 77.0 Å². The van der Waals surface area contributed by atoms with Crippen LogP contribution >= 0.6 is 0 Å². The predicted molar refractivity (Wildman–Crippen MR) is 169 cm³/mol. The largest absolute Gasteiger partial charge is 0.481 e. The van der Waals surface area contributed by atoms with Crippen molar-refractivity contribution in [3.8, 4) is 0 Å². The molecule has 0 aromatic heterocycles. The Balaban J connectivity index is 3.53. The van der Waals surface area contributed by atoms with Gasteiger partial charge >= 0.3 is 5.97 Å². The van der Waals surface area contributed by atoms with Crippen LogP contribution in [0.2, 0.25) is 0 Å². The van der Waals surface area contributed by atoms with Crippen LogP contribution in [-0.2, 0) is 4.79 Å². The number of unbranched alkanes of at least 4 members (excludes halogenated alkanes) is 5. The summed E-state index contributed by atoms with van der Waals surface area (Å²) in [5.41, 5.74) is 0. The lowest BCUT2D eigenvalue weighted by Crippen LogP contribution is -1.93. The molecular weight excluding hydrogens is 464 g/mol. The van der Waals surface area contributed by atoms with Gasteiger partial charge in [0.25, 0.3) is 0 Å². The fourth-order valence-electron chi connectivity index (χ4n) is 3.52. The third kappa shape index (κ3) is 33.1. The van der Waals surface area contributed by atoms with Crippen LogP contribution in [0.4, 0.5) is 0 Å². The van der Waals surface area contributed by atoms with Crippen LogP contribution < -0.4 is 0 Å². The summed E-state index contributed by atoms with van der Waals surface area (Å²) in [5, 5.41) is 8.60. The maximum absolute atomic E-state index is 10.4.